The van der Waals surface area contributed by atoms with Crippen LogP contribution in [0.25, 0.3) is 5.52 Å². The summed E-state index contributed by atoms with van der Waals surface area (Å²) in [5, 5.41) is 0. The molecule has 0 aromatic carbocycles. The van der Waals surface area contributed by atoms with Gasteiger partial charge >= 0.3 is 0 Å². The number of ether oxygens (including phenoxy) is 1. The molecule has 3 rings (SSSR count). The molecule has 0 bridgehead atoms. The second-order valence-corrected chi connectivity index (χ2v) is 4.33. The van der Waals surface area contributed by atoms with Crippen LogP contribution in [0.2, 0.25) is 0 Å². The summed E-state index contributed by atoms with van der Waals surface area (Å²) in [6, 6.07) is 5.68. The van der Waals surface area contributed by atoms with E-state index >= 15 is 0 Å². The maximum absolute atomic E-state index is 11.1. The second kappa shape index (κ2) is 4.30. The highest BCUT2D eigenvalue weighted by molar-refractivity contribution is 5.74. The van der Waals surface area contributed by atoms with Crippen LogP contribution in [0.15, 0.2) is 24.4 Å². The highest BCUT2D eigenvalue weighted by Crippen LogP contribution is 2.27. The molecule has 1 aliphatic heterocycles. The Morgan fingerprint density at radius 1 is 1.35 bits per heavy atom. The number of aromatic nitrogens is 2. The average Bonchev–Trinajstić information content (AvgIpc) is 2.83. The van der Waals surface area contributed by atoms with Crippen LogP contribution in [-0.4, -0.2) is 28.9 Å². The first-order chi connectivity index (χ1) is 8.40. The Morgan fingerprint density at radius 2 is 2.18 bits per heavy atom. The van der Waals surface area contributed by atoms with Gasteiger partial charge in [-0.1, -0.05) is 6.07 Å². The van der Waals surface area contributed by atoms with E-state index < -0.39 is 0 Å². The molecule has 1 saturated heterocycles. The van der Waals surface area contributed by atoms with Gasteiger partial charge < -0.3 is 4.74 Å². The molecule has 0 saturated carbocycles. The molecule has 0 atom stereocenters. The normalized spacial score (nSPS) is 17.4. The van der Waals surface area contributed by atoms with Crippen molar-refractivity contribution in [3.63, 3.8) is 0 Å². The molecule has 4 heteroatoms. The van der Waals surface area contributed by atoms with Crippen molar-refractivity contribution >= 4 is 11.8 Å². The Hall–Kier alpha value is -1.68. The summed E-state index contributed by atoms with van der Waals surface area (Å²) in [6.45, 7) is 1.56. The van der Waals surface area contributed by atoms with Crippen molar-refractivity contribution in [2.45, 2.75) is 18.8 Å². The van der Waals surface area contributed by atoms with Gasteiger partial charge in [-0.25, -0.2) is 4.98 Å². The molecular weight excluding hydrogens is 216 g/mol. The maximum atomic E-state index is 11.1. The Morgan fingerprint density at radius 3 is 2.94 bits per heavy atom. The number of fused-ring (bicyclic) bond motifs is 1. The minimum atomic E-state index is 0.396. The van der Waals surface area contributed by atoms with Gasteiger partial charge in [0.1, 0.15) is 5.82 Å². The van der Waals surface area contributed by atoms with E-state index in [0.717, 1.165) is 43.7 Å². The van der Waals surface area contributed by atoms with E-state index in [-0.39, 0.29) is 0 Å². The highest BCUT2D eigenvalue weighted by Gasteiger charge is 2.21. The fourth-order valence-corrected chi connectivity index (χ4v) is 2.43. The lowest BCUT2D eigenvalue weighted by Gasteiger charge is -2.21. The molecular formula is C13H14N2O2. The summed E-state index contributed by atoms with van der Waals surface area (Å²) in [4.78, 5) is 15.6. The zero-order valence-electron chi connectivity index (χ0n) is 9.50. The molecule has 17 heavy (non-hydrogen) atoms. The molecule has 2 aromatic rings. The summed E-state index contributed by atoms with van der Waals surface area (Å²) in [5.41, 5.74) is 1.65. The highest BCUT2D eigenvalue weighted by atomic mass is 16.5. The first-order valence-electron chi connectivity index (χ1n) is 5.89. The van der Waals surface area contributed by atoms with E-state index in [1.165, 1.54) is 0 Å². The monoisotopic (exact) mass is 230 g/mol. The first kappa shape index (κ1) is 10.5. The molecule has 0 N–H and O–H groups in total. The molecule has 4 nitrogen and oxygen atoms in total. The van der Waals surface area contributed by atoms with Crippen LogP contribution in [0.4, 0.5) is 0 Å². The molecule has 0 aliphatic carbocycles. The maximum Gasteiger partial charge on any atom is 0.166 e. The van der Waals surface area contributed by atoms with Crippen LogP contribution in [-0.2, 0) is 4.74 Å². The summed E-state index contributed by atoms with van der Waals surface area (Å²) in [7, 11) is 0. The third-order valence-electron chi connectivity index (χ3n) is 3.32. The number of carbonyl (C=O) groups excluding carboxylic acids is 1. The summed E-state index contributed by atoms with van der Waals surface area (Å²) >= 11 is 0. The number of hydrogen-bond donors (Lipinski definition) is 0. The van der Waals surface area contributed by atoms with Gasteiger partial charge in [0.15, 0.2) is 6.29 Å². The Balaban J connectivity index is 2.12. The van der Waals surface area contributed by atoms with Crippen molar-refractivity contribution in [2.75, 3.05) is 13.2 Å². The number of pyridine rings is 1. The molecule has 0 spiro atoms. The quantitative estimate of drug-likeness (QED) is 0.741. The molecule has 0 unspecified atom stereocenters. The number of aldehydes is 1. The molecule has 0 radical (unpaired) electrons. The van der Waals surface area contributed by atoms with Gasteiger partial charge in [0.2, 0.25) is 0 Å². The van der Waals surface area contributed by atoms with Crippen LogP contribution in [0, 0.1) is 0 Å². The molecule has 2 aromatic heterocycles. The van der Waals surface area contributed by atoms with Crippen molar-refractivity contribution < 1.29 is 9.53 Å². The molecule has 1 aliphatic rings. The summed E-state index contributed by atoms with van der Waals surface area (Å²) < 4.78 is 7.32. The number of hydrogen-bond acceptors (Lipinski definition) is 3. The number of carbonyl (C=O) groups is 1. The molecule has 1 fully saturated rings. The van der Waals surface area contributed by atoms with Crippen LogP contribution < -0.4 is 0 Å². The number of nitrogens with zero attached hydrogens (tertiary/aromatic N) is 2. The van der Waals surface area contributed by atoms with Gasteiger partial charge in [-0.3, -0.25) is 9.20 Å². The summed E-state index contributed by atoms with van der Waals surface area (Å²) in [6.07, 6.45) is 4.67. The van der Waals surface area contributed by atoms with Crippen LogP contribution in [0.3, 0.4) is 0 Å². The minimum absolute atomic E-state index is 0.396. The van der Waals surface area contributed by atoms with Crippen molar-refractivity contribution in [2.24, 2.45) is 0 Å². The SMILES string of the molecule is O=Cc1cccc2cnc(C3CCOCC3)n12. The molecule has 0 amide bonds. The minimum Gasteiger partial charge on any atom is -0.381 e. The van der Waals surface area contributed by atoms with Gasteiger partial charge in [-0.2, -0.15) is 0 Å². The Bertz CT molecular complexity index is 541. The predicted molar refractivity (Wildman–Crippen MR) is 63.4 cm³/mol. The van der Waals surface area contributed by atoms with Gasteiger partial charge in [-0.05, 0) is 25.0 Å². The summed E-state index contributed by atoms with van der Waals surface area (Å²) in [5.74, 6) is 1.39. The van der Waals surface area contributed by atoms with Crippen LogP contribution in [0.5, 0.6) is 0 Å². The average molecular weight is 230 g/mol. The number of imidazole rings is 1. The van der Waals surface area contributed by atoms with Crippen molar-refractivity contribution in [1.29, 1.82) is 0 Å². The van der Waals surface area contributed by atoms with E-state index in [1.807, 2.05) is 28.8 Å². The number of rotatable bonds is 2. The van der Waals surface area contributed by atoms with E-state index in [4.69, 9.17) is 4.74 Å². The standard InChI is InChI=1S/C13H14N2O2/c16-9-12-3-1-2-11-8-14-13(15(11)12)10-4-6-17-7-5-10/h1-3,8-10H,4-7H2. The largest absolute Gasteiger partial charge is 0.381 e. The lowest BCUT2D eigenvalue weighted by molar-refractivity contribution is 0.0834. The zero-order chi connectivity index (χ0) is 11.7. The van der Waals surface area contributed by atoms with Gasteiger partial charge in [-0.15, -0.1) is 0 Å². The van der Waals surface area contributed by atoms with E-state index in [9.17, 15) is 4.79 Å². The molecule has 88 valence electrons. The van der Waals surface area contributed by atoms with E-state index in [1.54, 1.807) is 0 Å². The van der Waals surface area contributed by atoms with Crippen molar-refractivity contribution in [3.8, 4) is 0 Å². The van der Waals surface area contributed by atoms with Crippen molar-refractivity contribution in [3.05, 3.63) is 35.9 Å². The third kappa shape index (κ3) is 1.74. The predicted octanol–water partition coefficient (Wildman–Crippen LogP) is 2.04. The van der Waals surface area contributed by atoms with E-state index in [0.29, 0.717) is 11.6 Å². The third-order valence-corrected chi connectivity index (χ3v) is 3.32. The second-order valence-electron chi connectivity index (χ2n) is 4.33. The van der Waals surface area contributed by atoms with Crippen LogP contribution in [0.1, 0.15) is 35.1 Å². The smallest absolute Gasteiger partial charge is 0.166 e. The molecule has 3 heterocycles. The lowest BCUT2D eigenvalue weighted by Crippen LogP contribution is -2.17. The van der Waals surface area contributed by atoms with Gasteiger partial charge in [0.25, 0.3) is 0 Å². The lowest BCUT2D eigenvalue weighted by atomic mass is 9.99. The van der Waals surface area contributed by atoms with E-state index in [2.05, 4.69) is 4.98 Å². The Labute approximate surface area is 99.2 Å². The fourth-order valence-electron chi connectivity index (χ4n) is 2.43. The Kier molecular flexibility index (Phi) is 2.65. The van der Waals surface area contributed by atoms with Crippen molar-refractivity contribution in [1.82, 2.24) is 9.38 Å². The zero-order valence-corrected chi connectivity index (χ0v) is 9.50. The van der Waals surface area contributed by atoms with Gasteiger partial charge in [0, 0.05) is 19.1 Å². The van der Waals surface area contributed by atoms with Gasteiger partial charge in [0.05, 0.1) is 17.4 Å². The van der Waals surface area contributed by atoms with Crippen LogP contribution >= 0.6 is 0 Å². The fraction of sp³-hybridized carbons (Fsp3) is 0.385. The topological polar surface area (TPSA) is 43.6 Å². The first-order valence-corrected chi connectivity index (χ1v) is 5.89.